The predicted molar refractivity (Wildman–Crippen MR) is 126 cm³/mol. The zero-order valence-electron chi connectivity index (χ0n) is 19.6. The Morgan fingerprint density at radius 2 is 1.75 bits per heavy atom. The van der Waals surface area contributed by atoms with Gasteiger partial charge in [0.1, 0.15) is 25.1 Å². The number of rotatable bonds is 15. The van der Waals surface area contributed by atoms with Gasteiger partial charge < -0.3 is 9.47 Å². The van der Waals surface area contributed by atoms with Crippen LogP contribution in [-0.4, -0.2) is 34.4 Å². The first-order chi connectivity index (χ1) is 15.4. The summed E-state index contributed by atoms with van der Waals surface area (Å²) in [4.78, 5) is 26.2. The van der Waals surface area contributed by atoms with Crippen LogP contribution < -0.4 is 5.56 Å². The molecule has 8 heteroatoms. The summed E-state index contributed by atoms with van der Waals surface area (Å²) in [6.45, 7) is 3.78. The monoisotopic (exact) mass is 470 g/mol. The number of carbonyl (C=O) groups is 1. The van der Waals surface area contributed by atoms with Crippen LogP contribution in [0.2, 0.25) is 0 Å². The Balaban J connectivity index is 1.57. The maximum atomic E-state index is 14.4. The van der Waals surface area contributed by atoms with Crippen molar-refractivity contribution in [3.05, 3.63) is 26.9 Å². The average Bonchev–Trinajstić information content (AvgIpc) is 3.13. The third-order valence-corrected chi connectivity index (χ3v) is 6.32. The maximum Gasteiger partial charge on any atom is 0.305 e. The van der Waals surface area contributed by atoms with Crippen LogP contribution in [0.15, 0.2) is 11.0 Å². The van der Waals surface area contributed by atoms with Crippen LogP contribution in [0.3, 0.4) is 0 Å². The fraction of sp³-hybridized carbons (Fsp3) is 0.792. The maximum absolute atomic E-state index is 14.4. The lowest BCUT2D eigenvalue weighted by molar-refractivity contribution is -0.149. The molecule has 6 nitrogen and oxygen atoms in total. The lowest BCUT2D eigenvalue weighted by Gasteiger charge is -2.17. The van der Waals surface area contributed by atoms with Crippen molar-refractivity contribution in [3.63, 3.8) is 0 Å². The third-order valence-electron chi connectivity index (χ3n) is 6.01. The number of aromatic amines is 1. The van der Waals surface area contributed by atoms with E-state index >= 15 is 0 Å². The molecule has 3 atom stereocenters. The molecule has 32 heavy (non-hydrogen) atoms. The first-order valence-electron chi connectivity index (χ1n) is 12.2. The molecule has 0 radical (unpaired) electrons. The lowest BCUT2D eigenvalue weighted by atomic mass is 10.1. The summed E-state index contributed by atoms with van der Waals surface area (Å²) >= 11 is 5.15. The highest BCUT2D eigenvalue weighted by molar-refractivity contribution is 7.71. The SMILES string of the molecule is CCCCCCCCCCCCCC(=O)OC[C@H]1O[C@@H](n2cc(C)c(=O)[nH]c2=S)C[C@@H]1F. The molecule has 0 bridgehead atoms. The van der Waals surface area contributed by atoms with Crippen molar-refractivity contribution in [1.29, 1.82) is 0 Å². The van der Waals surface area contributed by atoms with Crippen molar-refractivity contribution in [2.45, 2.75) is 116 Å². The largest absolute Gasteiger partial charge is 0.463 e. The summed E-state index contributed by atoms with van der Waals surface area (Å²) in [6, 6.07) is 0. The smallest absolute Gasteiger partial charge is 0.305 e. The third kappa shape index (κ3) is 9.14. The molecule has 1 fully saturated rings. The van der Waals surface area contributed by atoms with Crippen molar-refractivity contribution in [2.24, 2.45) is 0 Å². The molecule has 0 unspecified atom stereocenters. The number of esters is 1. The highest BCUT2D eigenvalue weighted by Crippen LogP contribution is 2.31. The first kappa shape index (κ1) is 26.7. The highest BCUT2D eigenvalue weighted by Gasteiger charge is 2.37. The summed E-state index contributed by atoms with van der Waals surface area (Å²) in [5.74, 6) is -0.309. The van der Waals surface area contributed by atoms with E-state index in [0.29, 0.717) is 12.0 Å². The molecule has 0 aliphatic carbocycles. The highest BCUT2D eigenvalue weighted by atomic mass is 32.1. The van der Waals surface area contributed by atoms with Crippen molar-refractivity contribution < 1.29 is 18.7 Å². The molecule has 0 spiro atoms. The van der Waals surface area contributed by atoms with E-state index in [-0.39, 0.29) is 29.3 Å². The number of H-pyrrole nitrogens is 1. The fourth-order valence-corrected chi connectivity index (χ4v) is 4.25. The zero-order chi connectivity index (χ0) is 23.3. The van der Waals surface area contributed by atoms with Gasteiger partial charge in [0.15, 0.2) is 4.77 Å². The van der Waals surface area contributed by atoms with Crippen molar-refractivity contribution in [3.8, 4) is 0 Å². The number of aromatic nitrogens is 2. The Labute approximate surface area is 195 Å². The number of aryl methyl sites for hydroxylation is 1. The van der Waals surface area contributed by atoms with E-state index in [1.54, 1.807) is 17.7 Å². The van der Waals surface area contributed by atoms with Crippen LogP contribution in [0.4, 0.5) is 4.39 Å². The van der Waals surface area contributed by atoms with Crippen LogP contribution >= 0.6 is 12.2 Å². The quantitative estimate of drug-likeness (QED) is 0.191. The van der Waals surface area contributed by atoms with E-state index in [1.165, 1.54) is 51.4 Å². The van der Waals surface area contributed by atoms with Gasteiger partial charge in [0, 0.05) is 24.6 Å². The molecule has 2 heterocycles. The van der Waals surface area contributed by atoms with Gasteiger partial charge in [-0.3, -0.25) is 19.1 Å². The van der Waals surface area contributed by atoms with Gasteiger partial charge in [-0.05, 0) is 25.6 Å². The molecule has 1 aliphatic heterocycles. The van der Waals surface area contributed by atoms with Crippen LogP contribution in [-0.2, 0) is 14.3 Å². The lowest BCUT2D eigenvalue weighted by Crippen LogP contribution is -2.25. The average molecular weight is 471 g/mol. The Bertz CT molecular complexity index is 810. The summed E-state index contributed by atoms with van der Waals surface area (Å²) in [5.41, 5.74) is 0.202. The van der Waals surface area contributed by atoms with E-state index in [4.69, 9.17) is 21.7 Å². The minimum absolute atomic E-state index is 0.0978. The van der Waals surface area contributed by atoms with E-state index < -0.39 is 18.5 Å². The second-order valence-electron chi connectivity index (χ2n) is 8.83. The van der Waals surface area contributed by atoms with Crippen LogP contribution in [0, 0.1) is 11.7 Å². The molecule has 1 N–H and O–H groups in total. The number of carbonyl (C=O) groups excluding carboxylic acids is 1. The number of nitrogens with one attached hydrogen (secondary N) is 1. The summed E-state index contributed by atoms with van der Waals surface area (Å²) in [6.07, 6.45) is 12.7. The van der Waals surface area contributed by atoms with Crippen molar-refractivity contribution in [2.75, 3.05) is 6.61 Å². The molecule has 1 aliphatic rings. The minimum atomic E-state index is -1.26. The number of nitrogens with zero attached hydrogens (tertiary/aromatic N) is 1. The molecule has 182 valence electrons. The van der Waals surface area contributed by atoms with Crippen LogP contribution in [0.25, 0.3) is 0 Å². The first-order valence-corrected chi connectivity index (χ1v) is 12.6. The summed E-state index contributed by atoms with van der Waals surface area (Å²) in [7, 11) is 0. The minimum Gasteiger partial charge on any atom is -0.463 e. The normalized spacial score (nSPS) is 20.5. The molecular formula is C24H39FN2O4S. The number of ether oxygens (including phenoxy) is 2. The number of hydrogen-bond donors (Lipinski definition) is 1. The Morgan fingerprint density at radius 3 is 2.38 bits per heavy atom. The van der Waals surface area contributed by atoms with E-state index in [1.807, 2.05) is 0 Å². The molecule has 1 aromatic heterocycles. The molecule has 0 aromatic carbocycles. The van der Waals surface area contributed by atoms with E-state index in [2.05, 4.69) is 11.9 Å². The van der Waals surface area contributed by atoms with Gasteiger partial charge in [-0.2, -0.15) is 0 Å². The topological polar surface area (TPSA) is 73.3 Å². The van der Waals surface area contributed by atoms with Crippen LogP contribution in [0.5, 0.6) is 0 Å². The number of hydrogen-bond acceptors (Lipinski definition) is 5. The Morgan fingerprint density at radius 1 is 1.16 bits per heavy atom. The Kier molecular flexibility index (Phi) is 12.2. The van der Waals surface area contributed by atoms with E-state index in [0.717, 1.165) is 19.3 Å². The number of unbranched alkanes of at least 4 members (excludes halogenated alkanes) is 10. The fourth-order valence-electron chi connectivity index (χ4n) is 3.99. The second-order valence-corrected chi connectivity index (χ2v) is 9.21. The van der Waals surface area contributed by atoms with Gasteiger partial charge in [0.2, 0.25) is 0 Å². The molecule has 0 saturated carbocycles. The molecule has 1 saturated heterocycles. The van der Waals surface area contributed by atoms with Gasteiger partial charge in [-0.25, -0.2) is 4.39 Å². The number of halogens is 1. The second kappa shape index (κ2) is 14.6. The van der Waals surface area contributed by atoms with E-state index in [9.17, 15) is 14.0 Å². The summed E-state index contributed by atoms with van der Waals surface area (Å²) in [5, 5.41) is 0. The van der Waals surface area contributed by atoms with Gasteiger partial charge in [0.05, 0.1) is 0 Å². The molecular weight excluding hydrogens is 431 g/mol. The van der Waals surface area contributed by atoms with Gasteiger partial charge >= 0.3 is 5.97 Å². The summed E-state index contributed by atoms with van der Waals surface area (Å²) < 4.78 is 27.1. The number of alkyl halides is 1. The van der Waals surface area contributed by atoms with Gasteiger partial charge in [-0.15, -0.1) is 0 Å². The van der Waals surface area contributed by atoms with Gasteiger partial charge in [0.25, 0.3) is 5.56 Å². The standard InChI is InChI=1S/C24H39FN2O4S/c1-3-4-5-6-7-8-9-10-11-12-13-14-22(28)30-17-20-19(25)15-21(31-20)27-16-18(2)23(29)26-24(27)32/h16,19-21H,3-15,17H2,1-2H3,(H,26,29,32)/t19-,20+,21+/m0/s1. The van der Waals surface area contributed by atoms with Crippen molar-refractivity contribution >= 4 is 18.2 Å². The molecule has 1 aromatic rings. The molecule has 2 rings (SSSR count). The zero-order valence-corrected chi connectivity index (χ0v) is 20.4. The molecule has 0 amide bonds. The van der Waals surface area contributed by atoms with Crippen LogP contribution in [0.1, 0.15) is 102 Å². The predicted octanol–water partition coefficient (Wildman–Crippen LogP) is 6.08. The van der Waals surface area contributed by atoms with Crippen molar-refractivity contribution in [1.82, 2.24) is 9.55 Å². The Hall–Kier alpha value is -1.54. The van der Waals surface area contributed by atoms with Gasteiger partial charge in [-0.1, -0.05) is 71.1 Å².